The Morgan fingerprint density at radius 1 is 1.34 bits per heavy atom. The first kappa shape index (κ1) is 27.7. The number of nitrogens with zero attached hydrogens (tertiary/aromatic N) is 4. The predicted molar refractivity (Wildman–Crippen MR) is 138 cm³/mol. The lowest BCUT2D eigenvalue weighted by Gasteiger charge is -2.37. The maximum absolute atomic E-state index is 13.9. The van der Waals surface area contributed by atoms with Crippen LogP contribution in [0.1, 0.15) is 83.6 Å². The van der Waals surface area contributed by atoms with Gasteiger partial charge in [-0.25, -0.2) is 14.5 Å². The summed E-state index contributed by atoms with van der Waals surface area (Å²) in [6, 6.07) is -0.297. The van der Waals surface area contributed by atoms with Gasteiger partial charge in [0, 0.05) is 18.4 Å². The number of amides is 2. The number of aromatic nitrogens is 2. The molecule has 1 aromatic rings. The van der Waals surface area contributed by atoms with Gasteiger partial charge in [0.1, 0.15) is 10.5 Å². The van der Waals surface area contributed by atoms with Gasteiger partial charge in [0.2, 0.25) is 11.4 Å². The molecule has 2 fully saturated rings. The molecule has 0 N–H and O–H groups in total. The van der Waals surface area contributed by atoms with Gasteiger partial charge in [-0.3, -0.25) is 0 Å². The number of aryl methyl sites for hydroxylation is 1. The van der Waals surface area contributed by atoms with E-state index in [9.17, 15) is 9.59 Å². The van der Waals surface area contributed by atoms with E-state index in [4.69, 9.17) is 27.5 Å². The average molecular weight is 525 g/mol. The fourth-order valence-electron chi connectivity index (χ4n) is 4.52. The molecule has 3 unspecified atom stereocenters. The van der Waals surface area contributed by atoms with E-state index in [0.717, 1.165) is 43.5 Å². The smallest absolute Gasteiger partial charge is 0.337 e. The number of unbranched alkanes of at least 4 members (excludes halogenated alkanes) is 2. The van der Waals surface area contributed by atoms with Crippen LogP contribution >= 0.6 is 22.9 Å². The third-order valence-electron chi connectivity index (χ3n) is 6.60. The summed E-state index contributed by atoms with van der Waals surface area (Å²) in [7, 11) is 0. The van der Waals surface area contributed by atoms with Crippen molar-refractivity contribution in [2.45, 2.75) is 108 Å². The van der Waals surface area contributed by atoms with Crippen molar-refractivity contribution in [2.75, 3.05) is 18.1 Å². The Kier molecular flexibility index (Phi) is 10.2. The number of hydrogen-bond acceptors (Lipinski definition) is 7. The largest absolute Gasteiger partial charge is 0.437 e. The van der Waals surface area contributed by atoms with E-state index in [0.29, 0.717) is 37.4 Å². The lowest BCUT2D eigenvalue weighted by atomic mass is 9.86. The highest BCUT2D eigenvalue weighted by molar-refractivity contribution is 7.15. The lowest BCUT2D eigenvalue weighted by Crippen LogP contribution is -2.50. The molecule has 2 amide bonds. The molecule has 10 heteroatoms. The van der Waals surface area contributed by atoms with Gasteiger partial charge in [0.05, 0.1) is 6.54 Å². The maximum Gasteiger partial charge on any atom is 0.337 e. The number of rotatable bonds is 13. The summed E-state index contributed by atoms with van der Waals surface area (Å²) >= 11 is 7.41. The predicted octanol–water partition coefficient (Wildman–Crippen LogP) is 5.14. The van der Waals surface area contributed by atoms with Gasteiger partial charge in [-0.2, -0.15) is 0 Å². The third kappa shape index (κ3) is 6.66. The van der Waals surface area contributed by atoms with Crippen LogP contribution in [0, 0.1) is 12.3 Å². The Morgan fingerprint density at radius 3 is 2.63 bits per heavy atom. The Morgan fingerprint density at radius 2 is 2.06 bits per heavy atom. The molecule has 2 aliphatic rings. The lowest BCUT2D eigenvalue weighted by molar-refractivity contribution is -0.159. The molecule has 0 radical (unpaired) electrons. The minimum Gasteiger partial charge on any atom is -0.437 e. The number of ether oxygens (including phenoxy) is 2. The summed E-state index contributed by atoms with van der Waals surface area (Å²) in [6.07, 6.45) is 12.6. The molecule has 2 aliphatic heterocycles. The molecule has 3 rings (SSSR count). The van der Waals surface area contributed by atoms with Crippen LogP contribution in [0.25, 0.3) is 0 Å². The van der Waals surface area contributed by atoms with Crippen LogP contribution in [0.5, 0.6) is 0 Å². The highest BCUT2D eigenvalue weighted by Gasteiger charge is 2.50. The molecule has 0 aliphatic carbocycles. The van der Waals surface area contributed by atoms with Crippen molar-refractivity contribution in [3.63, 3.8) is 0 Å². The van der Waals surface area contributed by atoms with Crippen molar-refractivity contribution in [1.82, 2.24) is 15.1 Å². The Hall–Kier alpha value is -1.89. The first-order chi connectivity index (χ1) is 16.8. The molecular formula is C25H37ClN4O4S. The summed E-state index contributed by atoms with van der Waals surface area (Å²) in [4.78, 5) is 29.9. The van der Waals surface area contributed by atoms with Crippen LogP contribution in [0.15, 0.2) is 0 Å². The molecule has 0 saturated carbocycles. The molecule has 2 saturated heterocycles. The fraction of sp³-hybridized carbons (Fsp3) is 0.760. The monoisotopic (exact) mass is 524 g/mol. The summed E-state index contributed by atoms with van der Waals surface area (Å²) < 4.78 is 11.4. The number of carbonyl (C=O) groups excluding carboxylic acids is 2. The number of hydrogen-bond donors (Lipinski definition) is 0. The second-order valence-electron chi connectivity index (χ2n) is 9.34. The van der Waals surface area contributed by atoms with Crippen LogP contribution in [0.3, 0.4) is 0 Å². The standard InChI is InChI=1S/C25H37ClN4O4S/c1-5-8-14-25(7-3,15-9-6-2)29-17-21(34-22(31)19-11-10-16-33-19)30(24(29)32)23-28-27-20(35-23)13-12-18(4)26/h3,18-19,21H,5-6,8-17H2,1-2,4H3. The number of alkyl halides is 1. The van der Waals surface area contributed by atoms with E-state index in [1.165, 1.54) is 16.2 Å². The minimum absolute atomic E-state index is 0.0137. The van der Waals surface area contributed by atoms with E-state index in [1.54, 1.807) is 4.90 Å². The molecule has 8 nitrogen and oxygen atoms in total. The summed E-state index contributed by atoms with van der Waals surface area (Å²) in [5.74, 6) is 2.51. The zero-order valence-corrected chi connectivity index (χ0v) is 22.6. The number of carbonyl (C=O) groups is 2. The average Bonchev–Trinajstić information content (AvgIpc) is 3.59. The molecule has 194 valence electrons. The van der Waals surface area contributed by atoms with Gasteiger partial charge >= 0.3 is 12.0 Å². The maximum atomic E-state index is 13.9. The first-order valence-corrected chi connectivity index (χ1v) is 14.0. The van der Waals surface area contributed by atoms with Gasteiger partial charge < -0.3 is 14.4 Å². The van der Waals surface area contributed by atoms with Crippen LogP contribution < -0.4 is 4.90 Å². The molecule has 0 spiro atoms. The van der Waals surface area contributed by atoms with E-state index in [-0.39, 0.29) is 18.0 Å². The summed E-state index contributed by atoms with van der Waals surface area (Å²) in [6.45, 7) is 6.86. The van der Waals surface area contributed by atoms with E-state index in [2.05, 4.69) is 30.0 Å². The van der Waals surface area contributed by atoms with Crippen LogP contribution in [-0.2, 0) is 20.7 Å². The zero-order valence-electron chi connectivity index (χ0n) is 21.0. The van der Waals surface area contributed by atoms with Crippen molar-refractivity contribution in [3.8, 4) is 12.3 Å². The van der Waals surface area contributed by atoms with Crippen molar-refractivity contribution in [2.24, 2.45) is 0 Å². The topological polar surface area (TPSA) is 84.9 Å². The van der Waals surface area contributed by atoms with Crippen LogP contribution in [-0.4, -0.2) is 63.5 Å². The normalized spacial score (nSPS) is 21.4. The van der Waals surface area contributed by atoms with Gasteiger partial charge in [-0.15, -0.1) is 28.2 Å². The van der Waals surface area contributed by atoms with Crippen molar-refractivity contribution >= 4 is 40.1 Å². The Balaban J connectivity index is 1.90. The molecule has 3 atom stereocenters. The molecule has 35 heavy (non-hydrogen) atoms. The molecule has 0 aromatic carbocycles. The number of esters is 1. The summed E-state index contributed by atoms with van der Waals surface area (Å²) in [5, 5.41) is 9.73. The van der Waals surface area contributed by atoms with E-state index < -0.39 is 23.8 Å². The highest BCUT2D eigenvalue weighted by Crippen LogP contribution is 2.37. The molecule has 0 bridgehead atoms. The second-order valence-corrected chi connectivity index (χ2v) is 11.1. The second kappa shape index (κ2) is 12.9. The SMILES string of the molecule is C#CC(CCCC)(CCCC)N1CC(OC(=O)C2CCCO2)N(c2nnc(CCC(C)Cl)s2)C1=O. The first-order valence-electron chi connectivity index (χ1n) is 12.7. The van der Waals surface area contributed by atoms with Gasteiger partial charge in [0.25, 0.3) is 0 Å². The molecule has 1 aromatic heterocycles. The molecule has 3 heterocycles. The van der Waals surface area contributed by atoms with Crippen molar-refractivity contribution in [1.29, 1.82) is 0 Å². The number of anilines is 1. The minimum atomic E-state index is -0.845. The quantitative estimate of drug-likeness (QED) is 0.202. The van der Waals surface area contributed by atoms with E-state index in [1.807, 2.05) is 6.92 Å². The van der Waals surface area contributed by atoms with E-state index >= 15 is 0 Å². The van der Waals surface area contributed by atoms with Crippen molar-refractivity contribution < 1.29 is 19.1 Å². The summed E-state index contributed by atoms with van der Waals surface area (Å²) in [5.41, 5.74) is -0.742. The van der Waals surface area contributed by atoms with Gasteiger partial charge in [0.15, 0.2) is 6.10 Å². The highest BCUT2D eigenvalue weighted by atomic mass is 35.5. The fourth-order valence-corrected chi connectivity index (χ4v) is 5.51. The van der Waals surface area contributed by atoms with Gasteiger partial charge in [-0.1, -0.05) is 56.8 Å². The zero-order chi connectivity index (χ0) is 25.4. The number of halogens is 1. The Bertz CT molecular complexity index is 888. The van der Waals surface area contributed by atoms with Crippen LogP contribution in [0.4, 0.5) is 9.93 Å². The van der Waals surface area contributed by atoms with Gasteiger partial charge in [-0.05, 0) is 39.0 Å². The van der Waals surface area contributed by atoms with Crippen molar-refractivity contribution in [3.05, 3.63) is 5.01 Å². The number of terminal acetylenes is 1. The van der Waals surface area contributed by atoms with Crippen LogP contribution in [0.2, 0.25) is 0 Å². The third-order valence-corrected chi connectivity index (χ3v) is 7.80. The number of urea groups is 1. The Labute approximate surface area is 217 Å². The molecular weight excluding hydrogens is 488 g/mol.